The van der Waals surface area contributed by atoms with Crippen molar-refractivity contribution in [1.29, 1.82) is 0 Å². The lowest BCUT2D eigenvalue weighted by Gasteiger charge is -2.11. The van der Waals surface area contributed by atoms with E-state index in [0.29, 0.717) is 0 Å². The van der Waals surface area contributed by atoms with Crippen LogP contribution in [-0.4, -0.2) is 31.4 Å². The van der Waals surface area contributed by atoms with Gasteiger partial charge in [-0.2, -0.15) is 0 Å². The number of benzene rings is 1. The smallest absolute Gasteiger partial charge is 0.209 e. The Kier molecular flexibility index (Phi) is 3.82. The maximum atomic E-state index is 10.2. The topological polar surface area (TPSA) is 32.3 Å². The first kappa shape index (κ1) is 9.58. The third-order valence-corrected chi connectivity index (χ3v) is 1.75. The molecule has 0 heterocycles. The van der Waals surface area contributed by atoms with E-state index < -0.39 is 0 Å². The van der Waals surface area contributed by atoms with Crippen molar-refractivity contribution in [1.82, 2.24) is 4.90 Å². The lowest BCUT2D eigenvalue weighted by molar-refractivity contribution is -0.116. The van der Waals surface area contributed by atoms with Crippen LogP contribution in [0.3, 0.4) is 0 Å². The van der Waals surface area contributed by atoms with Crippen LogP contribution in [0.25, 0.3) is 0 Å². The van der Waals surface area contributed by atoms with Crippen molar-refractivity contribution in [3.63, 3.8) is 0 Å². The molecule has 3 nitrogen and oxygen atoms in total. The largest absolute Gasteiger partial charge is 0.383 e. The molecule has 3 heteroatoms. The minimum Gasteiger partial charge on any atom is -0.383 e. The molecule has 0 fully saturated rings. The summed E-state index contributed by atoms with van der Waals surface area (Å²) in [5.41, 5.74) is 1.08. The molecular formula is C10H14N2O. The minimum absolute atomic E-state index is 0.721. The van der Waals surface area contributed by atoms with E-state index in [1.807, 2.05) is 30.3 Å². The van der Waals surface area contributed by atoms with Gasteiger partial charge >= 0.3 is 0 Å². The van der Waals surface area contributed by atoms with Gasteiger partial charge in [-0.25, -0.2) is 0 Å². The Morgan fingerprint density at radius 2 is 2.08 bits per heavy atom. The number of hydrogen-bond acceptors (Lipinski definition) is 2. The van der Waals surface area contributed by atoms with Crippen LogP contribution in [0.1, 0.15) is 0 Å². The first-order chi connectivity index (χ1) is 6.33. The van der Waals surface area contributed by atoms with Crippen LogP contribution in [0.2, 0.25) is 0 Å². The molecule has 0 saturated carbocycles. The minimum atomic E-state index is 0.721. The van der Waals surface area contributed by atoms with E-state index in [1.54, 1.807) is 11.9 Å². The van der Waals surface area contributed by atoms with Gasteiger partial charge in [0, 0.05) is 25.8 Å². The average molecular weight is 178 g/mol. The van der Waals surface area contributed by atoms with E-state index in [-0.39, 0.29) is 0 Å². The van der Waals surface area contributed by atoms with Gasteiger partial charge in [0.2, 0.25) is 6.41 Å². The Morgan fingerprint density at radius 1 is 1.38 bits per heavy atom. The quantitative estimate of drug-likeness (QED) is 0.687. The monoisotopic (exact) mass is 178 g/mol. The number of carbonyl (C=O) groups excluding carboxylic acids is 1. The average Bonchev–Trinajstić information content (AvgIpc) is 2.19. The lowest BCUT2D eigenvalue weighted by atomic mass is 10.3. The zero-order chi connectivity index (χ0) is 9.52. The molecule has 1 aromatic rings. The number of hydrogen-bond donors (Lipinski definition) is 1. The molecule has 0 saturated heterocycles. The SMILES string of the molecule is CN(C=O)CCNc1ccccc1. The maximum Gasteiger partial charge on any atom is 0.209 e. The molecule has 0 radical (unpaired) electrons. The predicted octanol–water partition coefficient (Wildman–Crippen LogP) is 1.19. The summed E-state index contributed by atoms with van der Waals surface area (Å²) in [6.07, 6.45) is 0.826. The molecule has 0 atom stereocenters. The van der Waals surface area contributed by atoms with Crippen molar-refractivity contribution in [2.24, 2.45) is 0 Å². The van der Waals surface area contributed by atoms with E-state index in [0.717, 1.165) is 25.2 Å². The number of nitrogens with one attached hydrogen (secondary N) is 1. The second kappa shape index (κ2) is 5.19. The van der Waals surface area contributed by atoms with Crippen molar-refractivity contribution in [2.75, 3.05) is 25.5 Å². The molecular weight excluding hydrogens is 164 g/mol. The zero-order valence-electron chi connectivity index (χ0n) is 7.73. The molecule has 0 aliphatic carbocycles. The molecule has 0 unspecified atom stereocenters. The number of anilines is 1. The van der Waals surface area contributed by atoms with E-state index in [9.17, 15) is 4.79 Å². The summed E-state index contributed by atoms with van der Waals surface area (Å²) in [7, 11) is 1.76. The van der Waals surface area contributed by atoms with Crippen LogP contribution < -0.4 is 5.32 Å². The highest BCUT2D eigenvalue weighted by atomic mass is 16.1. The highest BCUT2D eigenvalue weighted by molar-refractivity contribution is 5.47. The molecule has 70 valence electrons. The molecule has 0 bridgehead atoms. The molecule has 1 aromatic carbocycles. The van der Waals surface area contributed by atoms with Crippen LogP contribution in [0.5, 0.6) is 0 Å². The van der Waals surface area contributed by atoms with Gasteiger partial charge in [-0.05, 0) is 12.1 Å². The fraction of sp³-hybridized carbons (Fsp3) is 0.300. The summed E-state index contributed by atoms with van der Waals surface area (Å²) in [4.78, 5) is 11.9. The standard InChI is InChI=1S/C10H14N2O/c1-12(9-13)8-7-11-10-5-3-2-4-6-10/h2-6,9,11H,7-8H2,1H3. The summed E-state index contributed by atoms with van der Waals surface area (Å²) < 4.78 is 0. The summed E-state index contributed by atoms with van der Waals surface area (Å²) in [6, 6.07) is 9.93. The highest BCUT2D eigenvalue weighted by Gasteiger charge is 1.92. The number of rotatable bonds is 5. The van der Waals surface area contributed by atoms with E-state index >= 15 is 0 Å². The first-order valence-electron chi connectivity index (χ1n) is 4.27. The van der Waals surface area contributed by atoms with Gasteiger partial charge in [0.1, 0.15) is 0 Å². The van der Waals surface area contributed by atoms with Crippen molar-refractivity contribution in [3.8, 4) is 0 Å². The summed E-state index contributed by atoms with van der Waals surface area (Å²) >= 11 is 0. The van der Waals surface area contributed by atoms with Gasteiger partial charge in [-0.15, -0.1) is 0 Å². The molecule has 0 aliphatic heterocycles. The van der Waals surface area contributed by atoms with Crippen LogP contribution in [-0.2, 0) is 4.79 Å². The zero-order valence-corrected chi connectivity index (χ0v) is 7.73. The lowest BCUT2D eigenvalue weighted by Crippen LogP contribution is -2.23. The van der Waals surface area contributed by atoms with Gasteiger partial charge in [0.25, 0.3) is 0 Å². The number of likely N-dealkylation sites (N-methyl/N-ethyl adjacent to an activating group) is 1. The summed E-state index contributed by atoms with van der Waals surface area (Å²) in [5.74, 6) is 0. The Balaban J connectivity index is 2.24. The fourth-order valence-electron chi connectivity index (χ4n) is 0.985. The molecule has 0 aromatic heterocycles. The van der Waals surface area contributed by atoms with E-state index in [4.69, 9.17) is 0 Å². The Morgan fingerprint density at radius 3 is 2.69 bits per heavy atom. The summed E-state index contributed by atoms with van der Waals surface area (Å²) in [6.45, 7) is 1.50. The first-order valence-corrected chi connectivity index (χ1v) is 4.27. The number of carbonyl (C=O) groups is 1. The van der Waals surface area contributed by atoms with Gasteiger partial charge in [-0.3, -0.25) is 4.79 Å². The molecule has 1 N–H and O–H groups in total. The fourth-order valence-corrected chi connectivity index (χ4v) is 0.985. The van der Waals surface area contributed by atoms with Gasteiger partial charge in [0.05, 0.1) is 0 Å². The predicted molar refractivity (Wildman–Crippen MR) is 53.6 cm³/mol. The van der Waals surface area contributed by atoms with Crippen LogP contribution in [0.4, 0.5) is 5.69 Å². The summed E-state index contributed by atoms with van der Waals surface area (Å²) in [5, 5.41) is 3.21. The van der Waals surface area contributed by atoms with Gasteiger partial charge in [-0.1, -0.05) is 18.2 Å². The Hall–Kier alpha value is -1.51. The molecule has 1 rings (SSSR count). The third-order valence-electron chi connectivity index (χ3n) is 1.75. The van der Waals surface area contributed by atoms with Crippen molar-refractivity contribution in [2.45, 2.75) is 0 Å². The molecule has 0 spiro atoms. The van der Waals surface area contributed by atoms with Gasteiger partial charge in [0.15, 0.2) is 0 Å². The second-order valence-corrected chi connectivity index (χ2v) is 2.88. The second-order valence-electron chi connectivity index (χ2n) is 2.88. The Labute approximate surface area is 78.4 Å². The normalized spacial score (nSPS) is 9.31. The number of amides is 1. The maximum absolute atomic E-state index is 10.2. The third kappa shape index (κ3) is 3.60. The highest BCUT2D eigenvalue weighted by Crippen LogP contribution is 2.03. The molecule has 13 heavy (non-hydrogen) atoms. The number of para-hydroxylation sites is 1. The van der Waals surface area contributed by atoms with Crippen LogP contribution in [0, 0.1) is 0 Å². The van der Waals surface area contributed by atoms with Crippen molar-refractivity contribution >= 4 is 12.1 Å². The molecule has 1 amide bonds. The van der Waals surface area contributed by atoms with Crippen LogP contribution in [0.15, 0.2) is 30.3 Å². The van der Waals surface area contributed by atoms with Crippen LogP contribution >= 0.6 is 0 Å². The van der Waals surface area contributed by atoms with E-state index in [1.165, 1.54) is 0 Å². The van der Waals surface area contributed by atoms with E-state index in [2.05, 4.69) is 5.32 Å². The van der Waals surface area contributed by atoms with Crippen molar-refractivity contribution < 1.29 is 4.79 Å². The number of nitrogens with zero attached hydrogens (tertiary/aromatic N) is 1. The molecule has 0 aliphatic rings. The Bertz CT molecular complexity index is 248. The van der Waals surface area contributed by atoms with Gasteiger partial charge < -0.3 is 10.2 Å². The van der Waals surface area contributed by atoms with Crippen molar-refractivity contribution in [3.05, 3.63) is 30.3 Å².